The van der Waals surface area contributed by atoms with Crippen LogP contribution in [0.1, 0.15) is 0 Å². The molecule has 2 aromatic rings. The Morgan fingerprint density at radius 3 is 1.88 bits per heavy atom. The summed E-state index contributed by atoms with van der Waals surface area (Å²) in [6.45, 7) is 3.00. The predicted molar refractivity (Wildman–Crippen MR) is 89.6 cm³/mol. The molecule has 0 N–H and O–H groups in total. The van der Waals surface area contributed by atoms with Crippen molar-refractivity contribution in [1.29, 1.82) is 0 Å². The van der Waals surface area contributed by atoms with Crippen LogP contribution in [0.2, 0.25) is 0 Å². The lowest BCUT2D eigenvalue weighted by Crippen LogP contribution is -2.27. The molecule has 2 aromatic carbocycles. The van der Waals surface area contributed by atoms with Crippen LogP contribution in [-0.4, -0.2) is 20.5 Å². The molecule has 0 amide bonds. The number of hydrogen-bond donors (Lipinski definition) is 0. The summed E-state index contributed by atoms with van der Waals surface area (Å²) < 4.78 is 70.6. The lowest BCUT2D eigenvalue weighted by atomic mass is 10.3. The molecule has 0 aliphatic rings. The van der Waals surface area contributed by atoms with Crippen molar-refractivity contribution in [2.75, 3.05) is 12.1 Å². The van der Waals surface area contributed by atoms with Crippen molar-refractivity contribution in [3.8, 4) is 0 Å². The molecule has 24 heavy (non-hydrogen) atoms. The lowest BCUT2D eigenvalue weighted by molar-refractivity contribution is 0.360. The number of benzene rings is 2. The van der Waals surface area contributed by atoms with E-state index < -0.39 is 34.4 Å². The van der Waals surface area contributed by atoms with Gasteiger partial charge in [-0.15, -0.1) is 6.58 Å². The summed E-state index contributed by atoms with van der Waals surface area (Å²) in [6.07, 6.45) is 1.20. The maximum Gasteiger partial charge on any atom is 0.275 e. The number of hydrogen-bond acceptors (Lipinski definition) is 4. The largest absolute Gasteiger partial charge is 0.312 e. The Bertz CT molecular complexity index is 847. The number of halogens is 2. The predicted octanol–water partition coefficient (Wildman–Crippen LogP) is 2.77. The Morgan fingerprint density at radius 2 is 1.46 bits per heavy atom. The van der Waals surface area contributed by atoms with Crippen LogP contribution in [0.15, 0.2) is 61.2 Å². The second-order valence-corrected chi connectivity index (χ2v) is 9.73. The zero-order valence-corrected chi connectivity index (χ0v) is 14.3. The van der Waals surface area contributed by atoms with Crippen LogP contribution in [0.5, 0.6) is 0 Å². The number of rotatable bonds is 7. The van der Waals surface area contributed by atoms with E-state index in [0.717, 1.165) is 12.1 Å². The summed E-state index contributed by atoms with van der Waals surface area (Å²) in [5, 5.41) is -0.721. The van der Waals surface area contributed by atoms with Crippen molar-refractivity contribution >= 4 is 27.9 Å². The average molecular weight is 372 g/mol. The first-order valence-electron chi connectivity index (χ1n) is 6.87. The summed E-state index contributed by atoms with van der Waals surface area (Å²) in [4.78, 5) is 0. The van der Waals surface area contributed by atoms with Crippen molar-refractivity contribution in [2.24, 2.45) is 0 Å². The van der Waals surface area contributed by atoms with E-state index in [9.17, 15) is 21.8 Å². The van der Waals surface area contributed by atoms with E-state index in [2.05, 4.69) is 10.8 Å². The van der Waals surface area contributed by atoms with Crippen LogP contribution in [0.4, 0.5) is 8.78 Å². The molecule has 0 heterocycles. The van der Waals surface area contributed by atoms with Crippen molar-refractivity contribution < 1.29 is 25.9 Å². The van der Waals surface area contributed by atoms with Gasteiger partial charge in [0.2, 0.25) is 0 Å². The third-order valence-corrected chi connectivity index (χ3v) is 8.69. The summed E-state index contributed by atoms with van der Waals surface area (Å²) in [7, 11) is -8.46. The van der Waals surface area contributed by atoms with E-state index in [1.165, 1.54) is 42.5 Å². The van der Waals surface area contributed by atoms with Gasteiger partial charge in [0, 0.05) is 0 Å². The molecule has 0 aromatic heterocycles. The van der Waals surface area contributed by atoms with Gasteiger partial charge < -0.3 is 4.57 Å². The second-order valence-electron chi connectivity index (χ2n) is 4.90. The Kier molecular flexibility index (Phi) is 5.70. The molecule has 0 fully saturated rings. The molecular weight excluding hydrogens is 357 g/mol. The quantitative estimate of drug-likeness (QED) is 0.426. The highest BCUT2D eigenvalue weighted by Crippen LogP contribution is 2.46. The van der Waals surface area contributed by atoms with Gasteiger partial charge in [0.25, 0.3) is 10.1 Å². The van der Waals surface area contributed by atoms with Crippen molar-refractivity contribution in [3.05, 3.63) is 72.8 Å². The Labute approximate surface area is 139 Å². The monoisotopic (exact) mass is 372 g/mol. The van der Waals surface area contributed by atoms with E-state index in [4.69, 9.17) is 0 Å². The van der Waals surface area contributed by atoms with Crippen molar-refractivity contribution in [2.45, 2.75) is 0 Å². The van der Waals surface area contributed by atoms with Crippen LogP contribution >= 0.6 is 7.14 Å². The normalized spacial score (nSPS) is 12.1. The Hall–Kier alpha value is -1.82. The molecule has 2 rings (SSSR count). The molecule has 0 saturated heterocycles. The van der Waals surface area contributed by atoms with Crippen LogP contribution in [-0.2, 0) is 18.9 Å². The zero-order valence-electron chi connectivity index (χ0n) is 12.6. The lowest BCUT2D eigenvalue weighted by Gasteiger charge is -2.20. The highest BCUT2D eigenvalue weighted by molar-refractivity contribution is 7.99. The minimum absolute atomic E-state index is 0.323. The fraction of sp³-hybridized carbons (Fsp3) is 0.125. The second kappa shape index (κ2) is 7.38. The van der Waals surface area contributed by atoms with Crippen LogP contribution in [0.3, 0.4) is 0 Å². The van der Waals surface area contributed by atoms with E-state index in [-0.39, 0.29) is 17.2 Å². The molecule has 0 saturated carbocycles. The molecule has 0 atom stereocenters. The molecule has 8 heteroatoms. The molecule has 0 spiro atoms. The summed E-state index contributed by atoms with van der Waals surface area (Å²) in [6, 6.07) is 10.0. The first kappa shape index (κ1) is 18.5. The summed E-state index contributed by atoms with van der Waals surface area (Å²) in [5.41, 5.74) is -1.05. The topological polar surface area (TPSA) is 60.4 Å². The highest BCUT2D eigenvalue weighted by Gasteiger charge is 2.37. The van der Waals surface area contributed by atoms with E-state index in [0.29, 0.717) is 0 Å². The van der Waals surface area contributed by atoms with Crippen LogP contribution in [0, 0.1) is 11.6 Å². The molecule has 0 aliphatic carbocycles. The maximum atomic E-state index is 14.2. The minimum Gasteiger partial charge on any atom is -0.312 e. The van der Waals surface area contributed by atoms with Crippen LogP contribution < -0.4 is 10.6 Å². The molecule has 0 radical (unpaired) electrons. The average Bonchev–Trinajstić information content (AvgIpc) is 2.53. The van der Waals surface area contributed by atoms with E-state index in [1.807, 2.05) is 0 Å². The molecular formula is C16H15F2O4PS. The Balaban J connectivity index is 2.63. The van der Waals surface area contributed by atoms with E-state index in [1.54, 1.807) is 0 Å². The first-order chi connectivity index (χ1) is 11.3. The van der Waals surface area contributed by atoms with E-state index >= 15 is 0 Å². The smallest absolute Gasteiger partial charge is 0.275 e. The van der Waals surface area contributed by atoms with Gasteiger partial charge in [-0.3, -0.25) is 4.18 Å². The van der Waals surface area contributed by atoms with Gasteiger partial charge in [-0.25, -0.2) is 8.78 Å². The van der Waals surface area contributed by atoms with Crippen molar-refractivity contribution in [1.82, 2.24) is 0 Å². The standard InChI is InChI=1S/C16H15F2O4PS/c1-2-11-22-24(20,21)12-23(19,15-9-5-3-7-13(15)17)16-10-6-4-8-14(16)18/h2-10H,1,11-12H2. The first-order valence-corrected chi connectivity index (χ1v) is 10.3. The molecule has 0 unspecified atom stereocenters. The van der Waals surface area contributed by atoms with Gasteiger partial charge in [-0.05, 0) is 24.3 Å². The fourth-order valence-corrected chi connectivity index (χ4v) is 7.42. The molecule has 128 valence electrons. The van der Waals surface area contributed by atoms with Gasteiger partial charge in [0.1, 0.15) is 17.1 Å². The van der Waals surface area contributed by atoms with Gasteiger partial charge in [-0.2, -0.15) is 8.42 Å². The van der Waals surface area contributed by atoms with Crippen LogP contribution in [0.25, 0.3) is 0 Å². The molecule has 0 aliphatic heterocycles. The third-order valence-electron chi connectivity index (χ3n) is 3.19. The molecule has 4 nitrogen and oxygen atoms in total. The Morgan fingerprint density at radius 1 is 1.00 bits per heavy atom. The summed E-state index contributed by atoms with van der Waals surface area (Å²) >= 11 is 0. The van der Waals surface area contributed by atoms with Gasteiger partial charge in [0.05, 0.1) is 17.2 Å². The SMILES string of the molecule is C=CCOS(=O)(=O)CP(=O)(c1ccccc1F)c1ccccc1F. The summed E-state index contributed by atoms with van der Waals surface area (Å²) in [5.74, 6) is -1.74. The molecule has 0 bridgehead atoms. The highest BCUT2D eigenvalue weighted by atomic mass is 32.2. The van der Waals surface area contributed by atoms with Crippen molar-refractivity contribution in [3.63, 3.8) is 0 Å². The van der Waals surface area contributed by atoms with Gasteiger partial charge in [-0.1, -0.05) is 30.3 Å². The third kappa shape index (κ3) is 3.98. The van der Waals surface area contributed by atoms with Gasteiger partial charge >= 0.3 is 0 Å². The van der Waals surface area contributed by atoms with Gasteiger partial charge in [0.15, 0.2) is 7.14 Å². The minimum atomic E-state index is -4.30. The fourth-order valence-electron chi connectivity index (χ4n) is 2.17. The zero-order chi connectivity index (χ0) is 17.8. The maximum absolute atomic E-state index is 14.2.